The number of rotatable bonds is 9. The van der Waals surface area contributed by atoms with Crippen LogP contribution in [0.3, 0.4) is 0 Å². The van der Waals surface area contributed by atoms with Gasteiger partial charge in [0, 0.05) is 24.8 Å². The standard InChI is InChI=1S/C15H23ClFNO/c1-3-8-18-14(5-4-9-19-2)10-12-6-7-13(16)11-15(12)17/h6-7,11,14,18H,3-5,8-10H2,1-2H3. The number of benzene rings is 1. The molecule has 0 amide bonds. The van der Waals surface area contributed by atoms with Crippen LogP contribution in [0, 0.1) is 5.82 Å². The van der Waals surface area contributed by atoms with Gasteiger partial charge in [0.15, 0.2) is 0 Å². The molecular weight excluding hydrogens is 265 g/mol. The molecule has 1 unspecified atom stereocenters. The Morgan fingerprint density at radius 1 is 1.42 bits per heavy atom. The molecule has 0 aliphatic rings. The summed E-state index contributed by atoms with van der Waals surface area (Å²) in [5.41, 5.74) is 0.718. The molecule has 0 fully saturated rings. The maximum atomic E-state index is 13.8. The normalized spacial score (nSPS) is 12.6. The summed E-state index contributed by atoms with van der Waals surface area (Å²) in [5, 5.41) is 3.91. The Hall–Kier alpha value is -0.640. The Morgan fingerprint density at radius 3 is 2.84 bits per heavy atom. The van der Waals surface area contributed by atoms with Crippen LogP contribution in [0.25, 0.3) is 0 Å². The van der Waals surface area contributed by atoms with Crippen LogP contribution in [0.1, 0.15) is 31.7 Å². The fourth-order valence-corrected chi connectivity index (χ4v) is 2.21. The van der Waals surface area contributed by atoms with Gasteiger partial charge in [-0.05, 0) is 49.9 Å². The van der Waals surface area contributed by atoms with Gasteiger partial charge in [-0.3, -0.25) is 0 Å². The first-order chi connectivity index (χ1) is 9.17. The molecule has 0 spiro atoms. The van der Waals surface area contributed by atoms with Gasteiger partial charge in [-0.15, -0.1) is 0 Å². The molecule has 1 rings (SSSR count). The average molecular weight is 288 g/mol. The van der Waals surface area contributed by atoms with Gasteiger partial charge < -0.3 is 10.1 Å². The minimum Gasteiger partial charge on any atom is -0.385 e. The quantitative estimate of drug-likeness (QED) is 0.697. The molecule has 108 valence electrons. The summed E-state index contributed by atoms with van der Waals surface area (Å²) in [6, 6.07) is 5.18. The van der Waals surface area contributed by atoms with Gasteiger partial charge in [0.25, 0.3) is 0 Å². The van der Waals surface area contributed by atoms with Crippen molar-refractivity contribution in [1.82, 2.24) is 5.32 Å². The SMILES string of the molecule is CCCNC(CCCOC)Cc1ccc(Cl)cc1F. The van der Waals surface area contributed by atoms with Crippen LogP contribution in [0.5, 0.6) is 0 Å². The van der Waals surface area contributed by atoms with E-state index in [0.717, 1.165) is 38.0 Å². The van der Waals surface area contributed by atoms with Crippen LogP contribution in [0.2, 0.25) is 5.02 Å². The van der Waals surface area contributed by atoms with Crippen molar-refractivity contribution >= 4 is 11.6 Å². The fourth-order valence-electron chi connectivity index (χ4n) is 2.05. The van der Waals surface area contributed by atoms with E-state index in [1.54, 1.807) is 19.2 Å². The van der Waals surface area contributed by atoms with E-state index >= 15 is 0 Å². The summed E-state index contributed by atoms with van der Waals surface area (Å²) in [5.74, 6) is -0.220. The molecule has 1 aromatic rings. The summed E-state index contributed by atoms with van der Waals surface area (Å²) in [6.07, 6.45) is 3.72. The van der Waals surface area contributed by atoms with Crippen molar-refractivity contribution in [2.75, 3.05) is 20.3 Å². The first-order valence-electron chi connectivity index (χ1n) is 6.83. The molecular formula is C15H23ClFNO. The molecule has 0 bridgehead atoms. The molecule has 0 aliphatic carbocycles. The lowest BCUT2D eigenvalue weighted by atomic mass is 10.0. The summed E-state index contributed by atoms with van der Waals surface area (Å²) in [7, 11) is 1.70. The van der Waals surface area contributed by atoms with E-state index in [-0.39, 0.29) is 11.9 Å². The van der Waals surface area contributed by atoms with E-state index in [1.807, 2.05) is 0 Å². The van der Waals surface area contributed by atoms with Crippen LogP contribution >= 0.6 is 11.6 Å². The van der Waals surface area contributed by atoms with Crippen molar-refractivity contribution in [2.45, 2.75) is 38.6 Å². The van der Waals surface area contributed by atoms with Gasteiger partial charge in [-0.2, -0.15) is 0 Å². The third-order valence-electron chi connectivity index (χ3n) is 3.07. The fraction of sp³-hybridized carbons (Fsp3) is 0.600. The number of methoxy groups -OCH3 is 1. The summed E-state index contributed by atoms with van der Waals surface area (Å²) in [6.45, 7) is 3.82. The molecule has 0 saturated heterocycles. The monoisotopic (exact) mass is 287 g/mol. The number of hydrogen-bond acceptors (Lipinski definition) is 2. The van der Waals surface area contributed by atoms with Gasteiger partial charge in [-0.1, -0.05) is 24.6 Å². The van der Waals surface area contributed by atoms with E-state index in [0.29, 0.717) is 11.4 Å². The lowest BCUT2D eigenvalue weighted by Crippen LogP contribution is -2.32. The lowest BCUT2D eigenvalue weighted by Gasteiger charge is -2.19. The maximum Gasteiger partial charge on any atom is 0.127 e. The predicted octanol–water partition coefficient (Wildman–Crippen LogP) is 3.82. The second kappa shape index (κ2) is 9.29. The number of halogens is 2. The highest BCUT2D eigenvalue weighted by molar-refractivity contribution is 6.30. The second-order valence-electron chi connectivity index (χ2n) is 4.73. The van der Waals surface area contributed by atoms with Gasteiger partial charge >= 0.3 is 0 Å². The van der Waals surface area contributed by atoms with Crippen molar-refractivity contribution in [1.29, 1.82) is 0 Å². The molecule has 0 radical (unpaired) electrons. The van der Waals surface area contributed by atoms with Crippen LogP contribution in [-0.4, -0.2) is 26.3 Å². The Kier molecular flexibility index (Phi) is 8.03. The van der Waals surface area contributed by atoms with Gasteiger partial charge in [0.2, 0.25) is 0 Å². The number of hydrogen-bond donors (Lipinski definition) is 1. The van der Waals surface area contributed by atoms with E-state index in [9.17, 15) is 4.39 Å². The Balaban J connectivity index is 2.58. The zero-order valence-electron chi connectivity index (χ0n) is 11.7. The molecule has 1 aromatic carbocycles. The zero-order chi connectivity index (χ0) is 14.1. The highest BCUT2D eigenvalue weighted by atomic mass is 35.5. The summed E-state index contributed by atoms with van der Waals surface area (Å²) < 4.78 is 18.9. The minimum atomic E-state index is -0.220. The maximum absolute atomic E-state index is 13.8. The summed E-state index contributed by atoms with van der Waals surface area (Å²) in [4.78, 5) is 0. The van der Waals surface area contributed by atoms with Crippen LogP contribution in [0.15, 0.2) is 18.2 Å². The van der Waals surface area contributed by atoms with Crippen molar-refractivity contribution in [3.05, 3.63) is 34.6 Å². The molecule has 4 heteroatoms. The Morgan fingerprint density at radius 2 is 2.21 bits per heavy atom. The minimum absolute atomic E-state index is 0.220. The summed E-state index contributed by atoms with van der Waals surface area (Å²) >= 11 is 5.77. The van der Waals surface area contributed by atoms with E-state index < -0.39 is 0 Å². The molecule has 0 aliphatic heterocycles. The van der Waals surface area contributed by atoms with Gasteiger partial charge in [-0.25, -0.2) is 4.39 Å². The van der Waals surface area contributed by atoms with E-state index in [4.69, 9.17) is 16.3 Å². The van der Waals surface area contributed by atoms with Gasteiger partial charge in [0.1, 0.15) is 5.82 Å². The zero-order valence-corrected chi connectivity index (χ0v) is 12.5. The number of nitrogens with one attached hydrogen (secondary N) is 1. The largest absolute Gasteiger partial charge is 0.385 e. The Bertz CT molecular complexity index is 373. The van der Waals surface area contributed by atoms with E-state index in [2.05, 4.69) is 12.2 Å². The molecule has 0 saturated carbocycles. The van der Waals surface area contributed by atoms with E-state index in [1.165, 1.54) is 6.07 Å². The molecule has 0 aromatic heterocycles. The second-order valence-corrected chi connectivity index (χ2v) is 5.16. The third kappa shape index (κ3) is 6.37. The van der Waals surface area contributed by atoms with Crippen LogP contribution < -0.4 is 5.32 Å². The predicted molar refractivity (Wildman–Crippen MR) is 78.3 cm³/mol. The van der Waals surface area contributed by atoms with Crippen molar-refractivity contribution in [2.24, 2.45) is 0 Å². The smallest absolute Gasteiger partial charge is 0.127 e. The molecule has 19 heavy (non-hydrogen) atoms. The van der Waals surface area contributed by atoms with Crippen molar-refractivity contribution in [3.63, 3.8) is 0 Å². The topological polar surface area (TPSA) is 21.3 Å². The molecule has 1 atom stereocenters. The molecule has 1 N–H and O–H groups in total. The third-order valence-corrected chi connectivity index (χ3v) is 3.30. The average Bonchev–Trinajstić information content (AvgIpc) is 2.39. The van der Waals surface area contributed by atoms with Crippen LogP contribution in [0.4, 0.5) is 4.39 Å². The van der Waals surface area contributed by atoms with Crippen molar-refractivity contribution < 1.29 is 9.13 Å². The first-order valence-corrected chi connectivity index (χ1v) is 7.21. The first kappa shape index (κ1) is 16.4. The highest BCUT2D eigenvalue weighted by Gasteiger charge is 2.12. The Labute approximate surface area is 120 Å². The van der Waals surface area contributed by atoms with Gasteiger partial charge in [0.05, 0.1) is 0 Å². The lowest BCUT2D eigenvalue weighted by molar-refractivity contribution is 0.188. The molecule has 0 heterocycles. The van der Waals surface area contributed by atoms with Crippen LogP contribution in [-0.2, 0) is 11.2 Å². The molecule has 2 nitrogen and oxygen atoms in total. The van der Waals surface area contributed by atoms with Crippen molar-refractivity contribution in [3.8, 4) is 0 Å². The highest BCUT2D eigenvalue weighted by Crippen LogP contribution is 2.17. The number of ether oxygens (including phenoxy) is 1.